The Kier molecular flexibility index (Phi) is 4.43. The molecule has 2 rings (SSSR count). The zero-order chi connectivity index (χ0) is 13.1. The first-order valence-electron chi connectivity index (χ1n) is 5.74. The molecular weight excluding hydrogens is 314 g/mol. The van der Waals surface area contributed by atoms with Crippen molar-refractivity contribution in [2.75, 3.05) is 0 Å². The van der Waals surface area contributed by atoms with Crippen molar-refractivity contribution in [3.63, 3.8) is 0 Å². The van der Waals surface area contributed by atoms with Crippen molar-refractivity contribution < 1.29 is 0 Å². The van der Waals surface area contributed by atoms with Gasteiger partial charge in [0.1, 0.15) is 0 Å². The third kappa shape index (κ3) is 3.34. The van der Waals surface area contributed by atoms with Gasteiger partial charge in [-0.1, -0.05) is 17.7 Å². The van der Waals surface area contributed by atoms with E-state index in [1.807, 2.05) is 37.6 Å². The van der Waals surface area contributed by atoms with E-state index in [0.29, 0.717) is 5.02 Å². The molecule has 0 aliphatic carbocycles. The second-order valence-electron chi connectivity index (χ2n) is 4.34. The van der Waals surface area contributed by atoms with Crippen LogP contribution in [0.3, 0.4) is 0 Å². The molecule has 2 aromatic rings. The molecule has 3 nitrogen and oxygen atoms in total. The molecule has 0 aliphatic rings. The van der Waals surface area contributed by atoms with E-state index in [9.17, 15) is 0 Å². The normalized spacial score (nSPS) is 12.7. The average molecular weight is 329 g/mol. The monoisotopic (exact) mass is 327 g/mol. The van der Waals surface area contributed by atoms with Gasteiger partial charge in [0.15, 0.2) is 0 Å². The Morgan fingerprint density at radius 2 is 2.28 bits per heavy atom. The van der Waals surface area contributed by atoms with Crippen LogP contribution in [0, 0.1) is 0 Å². The molecule has 5 heteroatoms. The van der Waals surface area contributed by atoms with Gasteiger partial charge in [0.25, 0.3) is 0 Å². The summed E-state index contributed by atoms with van der Waals surface area (Å²) in [6, 6.07) is 5.83. The van der Waals surface area contributed by atoms with E-state index in [-0.39, 0.29) is 6.04 Å². The fourth-order valence-corrected chi connectivity index (χ4v) is 2.35. The summed E-state index contributed by atoms with van der Waals surface area (Å²) in [5.41, 5.74) is 8.48. The first-order valence-corrected chi connectivity index (χ1v) is 6.91. The van der Waals surface area contributed by atoms with Crippen LogP contribution in [0.15, 0.2) is 35.1 Å². The number of hydrogen-bond acceptors (Lipinski definition) is 2. The van der Waals surface area contributed by atoms with Gasteiger partial charge >= 0.3 is 0 Å². The first kappa shape index (κ1) is 13.6. The van der Waals surface area contributed by atoms with Gasteiger partial charge in [-0.25, -0.2) is 0 Å². The van der Waals surface area contributed by atoms with E-state index in [0.717, 1.165) is 22.9 Å². The largest absolute Gasteiger partial charge is 0.324 e. The van der Waals surface area contributed by atoms with Crippen molar-refractivity contribution in [2.24, 2.45) is 12.8 Å². The van der Waals surface area contributed by atoms with Crippen LogP contribution in [-0.4, -0.2) is 9.78 Å². The summed E-state index contributed by atoms with van der Waals surface area (Å²) in [5.74, 6) is 0. The minimum absolute atomic E-state index is 0.0128. The summed E-state index contributed by atoms with van der Waals surface area (Å²) in [4.78, 5) is 0. The lowest BCUT2D eigenvalue weighted by molar-refractivity contribution is 0.650. The van der Waals surface area contributed by atoms with Crippen molar-refractivity contribution >= 4 is 27.5 Å². The lowest BCUT2D eigenvalue weighted by Gasteiger charge is -2.12. The number of aryl methyl sites for hydroxylation is 2. The van der Waals surface area contributed by atoms with E-state index in [2.05, 4.69) is 21.0 Å². The molecule has 0 aliphatic heterocycles. The van der Waals surface area contributed by atoms with Crippen LogP contribution in [-0.2, 0) is 13.5 Å². The molecule has 1 heterocycles. The van der Waals surface area contributed by atoms with Crippen LogP contribution in [0.25, 0.3) is 0 Å². The maximum Gasteiger partial charge on any atom is 0.0548 e. The summed E-state index contributed by atoms with van der Waals surface area (Å²) in [6.07, 6.45) is 5.71. The Morgan fingerprint density at radius 1 is 1.50 bits per heavy atom. The van der Waals surface area contributed by atoms with Crippen LogP contribution in [0.2, 0.25) is 5.02 Å². The Bertz CT molecular complexity index is 539. The highest BCUT2D eigenvalue weighted by molar-refractivity contribution is 9.10. The molecule has 1 atom stereocenters. The van der Waals surface area contributed by atoms with Gasteiger partial charge in [-0.15, -0.1) is 0 Å². The molecule has 2 N–H and O–H groups in total. The predicted molar refractivity (Wildman–Crippen MR) is 77.6 cm³/mol. The van der Waals surface area contributed by atoms with Gasteiger partial charge in [0.2, 0.25) is 0 Å². The van der Waals surface area contributed by atoms with E-state index in [1.165, 1.54) is 5.56 Å². The average Bonchev–Trinajstić information content (AvgIpc) is 2.75. The fraction of sp³-hybridized carbons (Fsp3) is 0.308. The van der Waals surface area contributed by atoms with Crippen LogP contribution in [0.4, 0.5) is 0 Å². The summed E-state index contributed by atoms with van der Waals surface area (Å²) in [7, 11) is 1.92. The molecule has 1 aromatic carbocycles. The van der Waals surface area contributed by atoms with Crippen LogP contribution in [0.5, 0.6) is 0 Å². The van der Waals surface area contributed by atoms with Gasteiger partial charge in [-0.05, 0) is 52.0 Å². The summed E-state index contributed by atoms with van der Waals surface area (Å²) in [6.45, 7) is 0. The Morgan fingerprint density at radius 3 is 2.89 bits per heavy atom. The highest BCUT2D eigenvalue weighted by Gasteiger charge is 2.09. The summed E-state index contributed by atoms with van der Waals surface area (Å²) < 4.78 is 2.69. The molecule has 18 heavy (non-hydrogen) atoms. The van der Waals surface area contributed by atoms with Crippen molar-refractivity contribution in [2.45, 2.75) is 18.9 Å². The third-order valence-electron chi connectivity index (χ3n) is 2.87. The molecule has 0 bridgehead atoms. The fourth-order valence-electron chi connectivity index (χ4n) is 1.83. The quantitative estimate of drug-likeness (QED) is 0.934. The maximum absolute atomic E-state index is 6.18. The number of nitrogens with two attached hydrogens (primary N) is 1. The zero-order valence-electron chi connectivity index (χ0n) is 10.1. The van der Waals surface area contributed by atoms with Gasteiger partial charge in [0, 0.05) is 23.8 Å². The number of nitrogens with zero attached hydrogens (tertiary/aromatic N) is 2. The molecule has 0 fully saturated rings. The SMILES string of the molecule is Cn1cc(CCC(N)c2ccc(Cl)c(Br)c2)cn1. The standard InChI is InChI=1S/C13H15BrClN3/c1-18-8-9(7-17-18)2-5-13(16)10-3-4-12(15)11(14)6-10/h3-4,6-8,13H,2,5,16H2,1H3. The second-order valence-corrected chi connectivity index (χ2v) is 5.60. The Balaban J connectivity index is 1.99. The molecule has 0 spiro atoms. The van der Waals surface area contributed by atoms with Crippen molar-refractivity contribution in [1.82, 2.24) is 9.78 Å². The molecule has 1 aromatic heterocycles. The molecule has 1 unspecified atom stereocenters. The number of benzene rings is 1. The van der Waals surface area contributed by atoms with Gasteiger partial charge in [0.05, 0.1) is 11.2 Å². The molecule has 0 saturated carbocycles. The first-order chi connectivity index (χ1) is 8.56. The number of rotatable bonds is 4. The van der Waals surface area contributed by atoms with E-state index in [4.69, 9.17) is 17.3 Å². The van der Waals surface area contributed by atoms with Gasteiger partial charge < -0.3 is 5.73 Å². The molecular formula is C13H15BrClN3. The van der Waals surface area contributed by atoms with Crippen LogP contribution < -0.4 is 5.73 Å². The highest BCUT2D eigenvalue weighted by Crippen LogP contribution is 2.26. The van der Waals surface area contributed by atoms with Gasteiger partial charge in [-0.3, -0.25) is 4.68 Å². The number of hydrogen-bond donors (Lipinski definition) is 1. The minimum atomic E-state index is 0.0128. The summed E-state index contributed by atoms with van der Waals surface area (Å²) in [5, 5.41) is 4.85. The number of halogens is 2. The maximum atomic E-state index is 6.18. The van der Waals surface area contributed by atoms with Crippen molar-refractivity contribution in [3.8, 4) is 0 Å². The molecule has 0 amide bonds. The van der Waals surface area contributed by atoms with E-state index < -0.39 is 0 Å². The van der Waals surface area contributed by atoms with Crippen LogP contribution >= 0.6 is 27.5 Å². The minimum Gasteiger partial charge on any atom is -0.324 e. The lowest BCUT2D eigenvalue weighted by atomic mass is 10.0. The molecule has 96 valence electrons. The van der Waals surface area contributed by atoms with Gasteiger partial charge in [-0.2, -0.15) is 5.10 Å². The lowest BCUT2D eigenvalue weighted by Crippen LogP contribution is -2.11. The summed E-state index contributed by atoms with van der Waals surface area (Å²) >= 11 is 9.38. The molecule has 0 saturated heterocycles. The van der Waals surface area contributed by atoms with E-state index in [1.54, 1.807) is 4.68 Å². The van der Waals surface area contributed by atoms with Crippen molar-refractivity contribution in [3.05, 3.63) is 51.2 Å². The van der Waals surface area contributed by atoms with Crippen molar-refractivity contribution in [1.29, 1.82) is 0 Å². The van der Waals surface area contributed by atoms with Crippen LogP contribution in [0.1, 0.15) is 23.6 Å². The second kappa shape index (κ2) is 5.87. The topological polar surface area (TPSA) is 43.8 Å². The van der Waals surface area contributed by atoms with E-state index >= 15 is 0 Å². The zero-order valence-corrected chi connectivity index (χ0v) is 12.4. The third-order valence-corrected chi connectivity index (χ3v) is 4.09. The smallest absolute Gasteiger partial charge is 0.0548 e. The Labute approximate surface area is 120 Å². The predicted octanol–water partition coefficient (Wildman–Crippen LogP) is 3.47. The highest BCUT2D eigenvalue weighted by atomic mass is 79.9. The Hall–Kier alpha value is -0.840. The molecule has 0 radical (unpaired) electrons. The number of aromatic nitrogens is 2.